The molecular weight excluding hydrogens is 594 g/mol. The molecule has 6 aromatic rings. The molecular formula is C33H24F2O6S2. The maximum absolute atomic E-state index is 13.1. The van der Waals surface area contributed by atoms with Gasteiger partial charge in [0.1, 0.15) is 23.1 Å². The minimum absolute atomic E-state index is 0.223. The lowest BCUT2D eigenvalue weighted by Gasteiger charge is -2.04. The molecule has 0 fully saturated rings. The lowest BCUT2D eigenvalue weighted by molar-refractivity contribution is 0.0603. The molecule has 0 aliphatic carbocycles. The standard InChI is InChI=1S/C17H13FO3S.C16H11FO3S/c1-20-12-7-8-14-13(9-12)15(17(19)21-2)16(22-14)10-3-5-11(18)6-4-10;1-20-11-6-7-13-12(8-11)14(16(18)19)15(21-13)9-2-4-10(17)5-3-9/h3-9H,1-2H3;2-8H,1H3,(H,18,19). The van der Waals surface area contributed by atoms with Gasteiger partial charge in [-0.3, -0.25) is 0 Å². The number of methoxy groups -OCH3 is 3. The SMILES string of the molecule is COC(=O)c1c(-c2ccc(F)cc2)sc2ccc(OC)cc12.COc1ccc2sc(-c3ccc(F)cc3)c(C(=O)O)c2c1. The number of esters is 1. The zero-order chi connectivity index (χ0) is 30.7. The second kappa shape index (κ2) is 12.6. The Morgan fingerprint density at radius 1 is 0.628 bits per heavy atom. The fourth-order valence-electron chi connectivity index (χ4n) is 4.53. The molecule has 43 heavy (non-hydrogen) atoms. The van der Waals surface area contributed by atoms with Crippen LogP contribution in [0.4, 0.5) is 8.78 Å². The minimum atomic E-state index is -1.01. The van der Waals surface area contributed by atoms with Crippen molar-refractivity contribution in [1.29, 1.82) is 0 Å². The normalized spacial score (nSPS) is 10.7. The van der Waals surface area contributed by atoms with E-state index in [1.807, 2.05) is 24.3 Å². The van der Waals surface area contributed by atoms with Crippen LogP contribution in [0.5, 0.6) is 11.5 Å². The molecule has 0 spiro atoms. The predicted molar refractivity (Wildman–Crippen MR) is 166 cm³/mol. The van der Waals surface area contributed by atoms with E-state index < -0.39 is 11.9 Å². The van der Waals surface area contributed by atoms with Crippen LogP contribution in [-0.4, -0.2) is 38.4 Å². The fourth-order valence-corrected chi connectivity index (χ4v) is 6.89. The Morgan fingerprint density at radius 3 is 1.44 bits per heavy atom. The van der Waals surface area contributed by atoms with E-state index in [9.17, 15) is 23.5 Å². The fraction of sp³-hybridized carbons (Fsp3) is 0.0909. The van der Waals surface area contributed by atoms with Gasteiger partial charge >= 0.3 is 11.9 Å². The molecule has 6 nitrogen and oxygen atoms in total. The monoisotopic (exact) mass is 618 g/mol. The zero-order valence-corrected chi connectivity index (χ0v) is 24.8. The van der Waals surface area contributed by atoms with Crippen LogP contribution < -0.4 is 9.47 Å². The number of hydrogen-bond acceptors (Lipinski definition) is 7. The minimum Gasteiger partial charge on any atom is -0.497 e. The summed E-state index contributed by atoms with van der Waals surface area (Å²) in [5.41, 5.74) is 2.17. The molecule has 0 amide bonds. The van der Waals surface area contributed by atoms with Gasteiger partial charge in [0.2, 0.25) is 0 Å². The number of carboxylic acids is 1. The molecule has 4 aromatic carbocycles. The van der Waals surface area contributed by atoms with E-state index in [4.69, 9.17) is 14.2 Å². The quantitative estimate of drug-likeness (QED) is 0.188. The van der Waals surface area contributed by atoms with Crippen LogP contribution >= 0.6 is 22.7 Å². The van der Waals surface area contributed by atoms with E-state index in [2.05, 4.69) is 0 Å². The third-order valence-electron chi connectivity index (χ3n) is 6.61. The summed E-state index contributed by atoms with van der Waals surface area (Å²) in [5, 5.41) is 10.9. The summed E-state index contributed by atoms with van der Waals surface area (Å²) in [6.07, 6.45) is 0. The number of ether oxygens (including phenoxy) is 3. The van der Waals surface area contributed by atoms with Gasteiger partial charge in [-0.1, -0.05) is 24.3 Å². The van der Waals surface area contributed by atoms with Crippen LogP contribution in [0.25, 0.3) is 41.1 Å². The lowest BCUT2D eigenvalue weighted by Crippen LogP contribution is -2.01. The molecule has 0 aliphatic heterocycles. The maximum Gasteiger partial charge on any atom is 0.339 e. The summed E-state index contributed by atoms with van der Waals surface area (Å²) in [4.78, 5) is 25.2. The van der Waals surface area contributed by atoms with Crippen molar-refractivity contribution in [2.24, 2.45) is 0 Å². The number of fused-ring (bicyclic) bond motifs is 2. The van der Waals surface area contributed by atoms with E-state index in [0.29, 0.717) is 32.9 Å². The molecule has 2 aromatic heterocycles. The molecule has 1 N–H and O–H groups in total. The first kappa shape index (κ1) is 29.7. The topological polar surface area (TPSA) is 82.1 Å². The number of carboxylic acid groups (broad SMARTS) is 1. The second-order valence-corrected chi connectivity index (χ2v) is 11.3. The van der Waals surface area contributed by atoms with E-state index in [1.165, 1.54) is 61.2 Å². The molecule has 10 heteroatoms. The third-order valence-corrected chi connectivity index (χ3v) is 9.05. The predicted octanol–water partition coefficient (Wildman–Crippen LogP) is 8.92. The first-order valence-electron chi connectivity index (χ1n) is 12.8. The Labute approximate surface area is 253 Å². The van der Waals surface area contributed by atoms with Gasteiger partial charge < -0.3 is 19.3 Å². The first-order chi connectivity index (χ1) is 20.7. The Hall–Kier alpha value is -4.80. The highest BCUT2D eigenvalue weighted by atomic mass is 32.1. The third kappa shape index (κ3) is 6.06. The van der Waals surface area contributed by atoms with Crippen LogP contribution in [0.15, 0.2) is 84.9 Å². The molecule has 0 saturated heterocycles. The van der Waals surface area contributed by atoms with E-state index in [1.54, 1.807) is 43.5 Å². The van der Waals surface area contributed by atoms with Gasteiger partial charge in [-0.05, 0) is 71.8 Å². The summed E-state index contributed by atoms with van der Waals surface area (Å²) >= 11 is 2.84. The molecule has 0 aliphatic rings. The van der Waals surface area contributed by atoms with Crippen LogP contribution in [-0.2, 0) is 4.74 Å². The Morgan fingerprint density at radius 2 is 1.05 bits per heavy atom. The first-order valence-corrected chi connectivity index (χ1v) is 14.4. The van der Waals surface area contributed by atoms with Crippen molar-refractivity contribution in [3.05, 3.63) is 108 Å². The molecule has 0 atom stereocenters. The number of benzene rings is 4. The van der Waals surface area contributed by atoms with Crippen molar-refractivity contribution in [1.82, 2.24) is 0 Å². The van der Waals surface area contributed by atoms with Gasteiger partial charge in [0, 0.05) is 20.2 Å². The van der Waals surface area contributed by atoms with E-state index in [-0.39, 0.29) is 17.2 Å². The summed E-state index contributed by atoms with van der Waals surface area (Å²) < 4.78 is 43.2. The second-order valence-electron chi connectivity index (χ2n) is 9.15. The average molecular weight is 619 g/mol. The Balaban J connectivity index is 0.000000171. The highest BCUT2D eigenvalue weighted by Crippen LogP contribution is 2.41. The number of thiophene rings is 2. The van der Waals surface area contributed by atoms with Crippen LogP contribution in [0.2, 0.25) is 0 Å². The number of rotatable bonds is 6. The van der Waals surface area contributed by atoms with E-state index in [0.717, 1.165) is 25.2 Å². The molecule has 0 unspecified atom stereocenters. The number of carbonyl (C=O) groups is 2. The Bertz CT molecular complexity index is 1940. The van der Waals surface area contributed by atoms with Gasteiger partial charge in [0.15, 0.2) is 0 Å². The van der Waals surface area contributed by atoms with Crippen molar-refractivity contribution in [3.63, 3.8) is 0 Å². The van der Waals surface area contributed by atoms with Crippen molar-refractivity contribution in [2.45, 2.75) is 0 Å². The van der Waals surface area contributed by atoms with Crippen molar-refractivity contribution >= 4 is 54.8 Å². The van der Waals surface area contributed by atoms with Crippen molar-refractivity contribution < 1.29 is 37.7 Å². The molecule has 0 bridgehead atoms. The molecule has 6 rings (SSSR count). The van der Waals surface area contributed by atoms with Crippen molar-refractivity contribution in [3.8, 4) is 32.4 Å². The highest BCUT2D eigenvalue weighted by molar-refractivity contribution is 7.23. The maximum atomic E-state index is 13.1. The van der Waals surface area contributed by atoms with Gasteiger partial charge in [-0.15, -0.1) is 22.7 Å². The van der Waals surface area contributed by atoms with Gasteiger partial charge in [0.05, 0.1) is 42.2 Å². The van der Waals surface area contributed by atoms with Crippen molar-refractivity contribution in [2.75, 3.05) is 21.3 Å². The van der Waals surface area contributed by atoms with Gasteiger partial charge in [0.25, 0.3) is 0 Å². The van der Waals surface area contributed by atoms with Crippen LogP contribution in [0.1, 0.15) is 20.7 Å². The summed E-state index contributed by atoms with van der Waals surface area (Å²) in [7, 11) is 4.46. The summed E-state index contributed by atoms with van der Waals surface area (Å²) in [6, 6.07) is 22.8. The zero-order valence-electron chi connectivity index (χ0n) is 23.1. The molecule has 218 valence electrons. The molecule has 0 radical (unpaired) electrons. The highest BCUT2D eigenvalue weighted by Gasteiger charge is 2.22. The number of aromatic carboxylic acids is 1. The van der Waals surface area contributed by atoms with Gasteiger partial charge in [-0.25, -0.2) is 18.4 Å². The smallest absolute Gasteiger partial charge is 0.339 e. The number of hydrogen-bond donors (Lipinski definition) is 1. The summed E-state index contributed by atoms with van der Waals surface area (Å²) in [5.74, 6) is -0.813. The number of halogens is 2. The number of carbonyl (C=O) groups excluding carboxylic acids is 1. The Kier molecular flexibility index (Phi) is 8.70. The lowest BCUT2D eigenvalue weighted by atomic mass is 10.1. The summed E-state index contributed by atoms with van der Waals surface area (Å²) in [6.45, 7) is 0. The molecule has 0 saturated carbocycles. The van der Waals surface area contributed by atoms with Crippen LogP contribution in [0, 0.1) is 11.6 Å². The average Bonchev–Trinajstić information content (AvgIpc) is 3.60. The van der Waals surface area contributed by atoms with Gasteiger partial charge in [-0.2, -0.15) is 0 Å². The molecule has 2 heterocycles. The largest absolute Gasteiger partial charge is 0.497 e. The van der Waals surface area contributed by atoms with E-state index >= 15 is 0 Å². The van der Waals surface area contributed by atoms with Crippen LogP contribution in [0.3, 0.4) is 0 Å².